The summed E-state index contributed by atoms with van der Waals surface area (Å²) in [5.41, 5.74) is 1.09. The van der Waals surface area contributed by atoms with Gasteiger partial charge < -0.3 is 10.2 Å². The molecular weight excluding hydrogens is 521 g/mol. The van der Waals surface area contributed by atoms with Gasteiger partial charge in [-0.05, 0) is 50.5 Å². The van der Waals surface area contributed by atoms with Crippen molar-refractivity contribution in [2.75, 3.05) is 17.1 Å². The molecule has 198 valence electrons. The highest BCUT2D eigenvalue weighted by molar-refractivity contribution is 7.92. The topological polar surface area (TPSA) is 86.8 Å². The highest BCUT2D eigenvalue weighted by Gasteiger charge is 2.30. The van der Waals surface area contributed by atoms with Crippen molar-refractivity contribution in [3.63, 3.8) is 0 Å². The van der Waals surface area contributed by atoms with Gasteiger partial charge in [-0.3, -0.25) is 13.9 Å². The fraction of sp³-hybridized carbons (Fsp3) is 0.462. The van der Waals surface area contributed by atoms with Crippen LogP contribution < -0.4 is 9.62 Å². The second kappa shape index (κ2) is 13.9. The van der Waals surface area contributed by atoms with E-state index < -0.39 is 16.1 Å². The van der Waals surface area contributed by atoms with E-state index in [2.05, 4.69) is 5.32 Å². The van der Waals surface area contributed by atoms with Gasteiger partial charge in [-0.1, -0.05) is 61.3 Å². The summed E-state index contributed by atoms with van der Waals surface area (Å²) in [5.74, 6) is -0.524. The van der Waals surface area contributed by atoms with Gasteiger partial charge in [0, 0.05) is 41.2 Å². The monoisotopic (exact) mass is 555 g/mol. The quantitative estimate of drug-likeness (QED) is 0.365. The van der Waals surface area contributed by atoms with E-state index in [1.165, 1.54) is 9.21 Å². The van der Waals surface area contributed by atoms with E-state index in [-0.39, 0.29) is 43.8 Å². The molecule has 36 heavy (non-hydrogen) atoms. The lowest BCUT2D eigenvalue weighted by Crippen LogP contribution is -2.50. The number of benzene rings is 2. The van der Waals surface area contributed by atoms with Crippen molar-refractivity contribution in [1.29, 1.82) is 0 Å². The number of rotatable bonds is 13. The summed E-state index contributed by atoms with van der Waals surface area (Å²) in [5, 5.41) is 3.77. The Balaban J connectivity index is 2.27. The zero-order valence-corrected chi connectivity index (χ0v) is 23.5. The number of carbonyl (C=O) groups is 2. The fourth-order valence-electron chi connectivity index (χ4n) is 3.81. The molecule has 0 aliphatic carbocycles. The van der Waals surface area contributed by atoms with Gasteiger partial charge >= 0.3 is 0 Å². The summed E-state index contributed by atoms with van der Waals surface area (Å²) >= 11 is 12.8. The van der Waals surface area contributed by atoms with Gasteiger partial charge in [0.15, 0.2) is 0 Å². The Kier molecular flexibility index (Phi) is 11.5. The second-order valence-corrected chi connectivity index (χ2v) is 11.5. The molecule has 2 rings (SSSR count). The summed E-state index contributed by atoms with van der Waals surface area (Å²) in [4.78, 5) is 28.1. The number of hydrogen-bond acceptors (Lipinski definition) is 4. The number of anilines is 1. The van der Waals surface area contributed by atoms with E-state index in [0.717, 1.165) is 12.7 Å². The van der Waals surface area contributed by atoms with Gasteiger partial charge in [-0.15, -0.1) is 0 Å². The molecule has 0 radical (unpaired) electrons. The molecule has 0 saturated heterocycles. The number of para-hydroxylation sites is 1. The summed E-state index contributed by atoms with van der Waals surface area (Å²) in [6, 6.07) is 13.1. The molecule has 0 fully saturated rings. The number of amides is 2. The molecule has 2 amide bonds. The van der Waals surface area contributed by atoms with Gasteiger partial charge in [-0.25, -0.2) is 8.42 Å². The van der Waals surface area contributed by atoms with Crippen LogP contribution in [0.25, 0.3) is 0 Å². The molecule has 0 aliphatic rings. The van der Waals surface area contributed by atoms with E-state index in [9.17, 15) is 18.0 Å². The van der Waals surface area contributed by atoms with Crippen LogP contribution >= 0.6 is 23.2 Å². The van der Waals surface area contributed by atoms with E-state index in [1.807, 2.05) is 20.8 Å². The minimum Gasteiger partial charge on any atom is -0.352 e. The fourth-order valence-corrected chi connectivity index (χ4v) is 5.29. The lowest BCUT2D eigenvalue weighted by atomic mass is 10.1. The third kappa shape index (κ3) is 8.39. The SMILES string of the molecule is CCC(C)NC(=O)C(CC)N(Cc1c(Cl)cccc1Cl)C(=O)CCCN(c1ccccc1)S(C)(=O)=O. The summed E-state index contributed by atoms with van der Waals surface area (Å²) in [6.45, 7) is 5.92. The summed E-state index contributed by atoms with van der Waals surface area (Å²) in [7, 11) is -3.54. The maximum Gasteiger partial charge on any atom is 0.243 e. The van der Waals surface area contributed by atoms with Crippen LogP contribution in [0.5, 0.6) is 0 Å². The third-order valence-corrected chi connectivity index (χ3v) is 7.88. The number of hydrogen-bond donors (Lipinski definition) is 1. The summed E-state index contributed by atoms with van der Waals surface area (Å²) in [6.07, 6.45) is 2.62. The van der Waals surface area contributed by atoms with Crippen molar-refractivity contribution in [3.8, 4) is 0 Å². The van der Waals surface area contributed by atoms with Crippen molar-refractivity contribution in [2.45, 2.75) is 65.1 Å². The molecule has 2 aromatic carbocycles. The first-order valence-electron chi connectivity index (χ1n) is 12.0. The van der Waals surface area contributed by atoms with Crippen LogP contribution in [0.3, 0.4) is 0 Å². The highest BCUT2D eigenvalue weighted by Crippen LogP contribution is 2.27. The minimum atomic E-state index is -3.54. The first-order valence-corrected chi connectivity index (χ1v) is 14.6. The standard InChI is InChI=1S/C26H35Cl2N3O4S/c1-5-19(3)29-26(33)24(6-2)30(18-21-22(27)14-10-15-23(21)28)25(32)16-11-17-31(36(4,34)35)20-12-8-7-9-13-20/h7-10,12-15,19,24H,5-6,11,16-18H2,1-4H3,(H,29,33). The molecule has 1 N–H and O–H groups in total. The first kappa shape index (κ1) is 29.9. The lowest BCUT2D eigenvalue weighted by Gasteiger charge is -2.32. The Morgan fingerprint density at radius 2 is 1.58 bits per heavy atom. The van der Waals surface area contributed by atoms with E-state index >= 15 is 0 Å². The lowest BCUT2D eigenvalue weighted by molar-refractivity contribution is -0.141. The Labute approximate surface area is 224 Å². The Bertz CT molecular complexity index is 1110. The molecule has 0 spiro atoms. The third-order valence-electron chi connectivity index (χ3n) is 5.97. The molecule has 0 saturated carbocycles. The minimum absolute atomic E-state index is 0.0402. The van der Waals surface area contributed by atoms with Crippen LogP contribution in [-0.2, 0) is 26.2 Å². The van der Waals surface area contributed by atoms with Crippen molar-refractivity contribution in [3.05, 3.63) is 64.1 Å². The first-order chi connectivity index (χ1) is 17.0. The number of sulfonamides is 1. The van der Waals surface area contributed by atoms with Crippen LogP contribution in [0.4, 0.5) is 5.69 Å². The smallest absolute Gasteiger partial charge is 0.243 e. The Morgan fingerprint density at radius 3 is 2.11 bits per heavy atom. The average Bonchev–Trinajstić information content (AvgIpc) is 2.82. The molecule has 2 unspecified atom stereocenters. The van der Waals surface area contributed by atoms with E-state index in [4.69, 9.17) is 23.2 Å². The van der Waals surface area contributed by atoms with Gasteiger partial charge in [0.1, 0.15) is 6.04 Å². The summed E-state index contributed by atoms with van der Waals surface area (Å²) < 4.78 is 26.0. The predicted molar refractivity (Wildman–Crippen MR) is 147 cm³/mol. The number of halogens is 2. The van der Waals surface area contributed by atoms with Crippen molar-refractivity contribution in [1.82, 2.24) is 10.2 Å². The Morgan fingerprint density at radius 1 is 0.972 bits per heavy atom. The van der Waals surface area contributed by atoms with Gasteiger partial charge in [0.2, 0.25) is 21.8 Å². The maximum absolute atomic E-state index is 13.5. The van der Waals surface area contributed by atoms with Crippen LogP contribution in [-0.4, -0.2) is 50.0 Å². The van der Waals surface area contributed by atoms with E-state index in [1.54, 1.807) is 48.5 Å². The molecule has 0 aliphatic heterocycles. The van der Waals surface area contributed by atoms with Crippen molar-refractivity contribution in [2.24, 2.45) is 0 Å². The molecule has 2 aromatic rings. The number of nitrogens with zero attached hydrogens (tertiary/aromatic N) is 2. The van der Waals surface area contributed by atoms with Crippen molar-refractivity contribution < 1.29 is 18.0 Å². The zero-order chi connectivity index (χ0) is 26.9. The molecule has 0 bridgehead atoms. The molecule has 7 nitrogen and oxygen atoms in total. The molecule has 2 atom stereocenters. The van der Waals surface area contributed by atoms with Crippen LogP contribution in [0.1, 0.15) is 52.0 Å². The Hall–Kier alpha value is -2.29. The zero-order valence-electron chi connectivity index (χ0n) is 21.2. The van der Waals surface area contributed by atoms with Crippen LogP contribution in [0.2, 0.25) is 10.0 Å². The molecule has 0 heterocycles. The van der Waals surface area contributed by atoms with Gasteiger partial charge in [0.05, 0.1) is 11.9 Å². The second-order valence-electron chi connectivity index (χ2n) is 8.74. The highest BCUT2D eigenvalue weighted by atomic mass is 35.5. The number of nitrogens with one attached hydrogen (secondary N) is 1. The number of carbonyl (C=O) groups excluding carboxylic acids is 2. The van der Waals surface area contributed by atoms with Gasteiger partial charge in [0.25, 0.3) is 0 Å². The van der Waals surface area contributed by atoms with Crippen LogP contribution in [0, 0.1) is 0 Å². The normalized spacial score (nSPS) is 13.1. The molecule has 10 heteroatoms. The van der Waals surface area contributed by atoms with Crippen molar-refractivity contribution >= 4 is 50.7 Å². The predicted octanol–water partition coefficient (Wildman–Crippen LogP) is 5.26. The molecular formula is C26H35Cl2N3O4S. The average molecular weight is 557 g/mol. The largest absolute Gasteiger partial charge is 0.352 e. The maximum atomic E-state index is 13.5. The molecule has 0 aromatic heterocycles. The van der Waals surface area contributed by atoms with Gasteiger partial charge in [-0.2, -0.15) is 0 Å². The van der Waals surface area contributed by atoms with E-state index in [0.29, 0.717) is 27.7 Å². The van der Waals surface area contributed by atoms with Crippen LogP contribution in [0.15, 0.2) is 48.5 Å².